The Kier molecular flexibility index (Phi) is 10.1. The molecule has 11 nitrogen and oxygen atoms in total. The van der Waals surface area contributed by atoms with E-state index in [2.05, 4.69) is 11.9 Å². The van der Waals surface area contributed by atoms with Crippen LogP contribution in [0.1, 0.15) is 12.8 Å². The summed E-state index contributed by atoms with van der Waals surface area (Å²) in [4.78, 5) is 68.5. The molecular formula is C28H27Cl3N4O7S2. The summed E-state index contributed by atoms with van der Waals surface area (Å²) in [5, 5.41) is 13.0. The zero-order chi connectivity index (χ0) is 31.7. The lowest BCUT2D eigenvalue weighted by atomic mass is 10.0. The fourth-order valence-corrected chi connectivity index (χ4v) is 8.29. The number of benzene rings is 1. The first-order chi connectivity index (χ1) is 21.0. The van der Waals surface area contributed by atoms with E-state index in [0.717, 1.165) is 16.7 Å². The third-order valence-electron chi connectivity index (χ3n) is 7.54. The van der Waals surface area contributed by atoms with Crippen molar-refractivity contribution >= 4 is 88.1 Å². The Morgan fingerprint density at radius 2 is 1.91 bits per heavy atom. The lowest BCUT2D eigenvalue weighted by Crippen LogP contribution is -2.70. The molecule has 0 radical (unpaired) electrons. The van der Waals surface area contributed by atoms with Crippen molar-refractivity contribution in [1.82, 2.24) is 20.0 Å². The van der Waals surface area contributed by atoms with Gasteiger partial charge in [-0.2, -0.15) is 0 Å². The van der Waals surface area contributed by atoms with Gasteiger partial charge in [-0.05, 0) is 36.6 Å². The van der Waals surface area contributed by atoms with Gasteiger partial charge in [0.1, 0.15) is 23.7 Å². The van der Waals surface area contributed by atoms with Gasteiger partial charge in [0.15, 0.2) is 0 Å². The van der Waals surface area contributed by atoms with Crippen molar-refractivity contribution in [3.8, 4) is 0 Å². The summed E-state index contributed by atoms with van der Waals surface area (Å²) in [7, 11) is 0. The number of likely N-dealkylation sites (tertiary alicyclic amines) is 2. The first-order valence-corrected chi connectivity index (χ1v) is 16.7. The third kappa shape index (κ3) is 6.57. The first-order valence-electron chi connectivity index (χ1n) is 13.5. The average Bonchev–Trinajstić information content (AvgIpc) is 3.62. The Bertz CT molecular complexity index is 1500. The Balaban J connectivity index is 1.22. The number of nitrogens with zero attached hydrogens (tertiary/aromatic N) is 3. The molecule has 3 saturated heterocycles. The predicted octanol–water partition coefficient (Wildman–Crippen LogP) is 4.03. The number of hydrogen-bond donors (Lipinski definition) is 2. The van der Waals surface area contributed by atoms with Crippen LogP contribution in [-0.4, -0.2) is 105 Å². The molecule has 3 unspecified atom stereocenters. The number of halogens is 3. The largest absolute Gasteiger partial charge is 0.477 e. The van der Waals surface area contributed by atoms with Crippen LogP contribution in [0.4, 0.5) is 4.79 Å². The van der Waals surface area contributed by atoms with Gasteiger partial charge in [0.2, 0.25) is 11.8 Å². The number of rotatable bonds is 9. The Hall–Kier alpha value is -2.84. The van der Waals surface area contributed by atoms with Gasteiger partial charge in [-0.25, -0.2) is 9.59 Å². The number of β-lactam (4-membered cyclic amide) rings is 1. The Labute approximate surface area is 276 Å². The second kappa shape index (κ2) is 13.7. The van der Waals surface area contributed by atoms with Crippen LogP contribution in [0.25, 0.3) is 0 Å². The van der Waals surface area contributed by atoms with Gasteiger partial charge in [-0.1, -0.05) is 47.5 Å². The molecule has 16 heteroatoms. The molecule has 234 valence electrons. The molecule has 4 aliphatic rings. The van der Waals surface area contributed by atoms with Crippen molar-refractivity contribution in [2.75, 3.05) is 37.7 Å². The highest BCUT2D eigenvalue weighted by atomic mass is 35.5. The van der Waals surface area contributed by atoms with E-state index in [9.17, 15) is 29.1 Å². The number of amides is 4. The van der Waals surface area contributed by atoms with Gasteiger partial charge < -0.3 is 25.0 Å². The first kappa shape index (κ1) is 32.6. The van der Waals surface area contributed by atoms with E-state index in [1.54, 1.807) is 21.9 Å². The number of carboxylic acids is 1. The molecule has 0 spiro atoms. The molecule has 3 fully saturated rings. The maximum Gasteiger partial charge on any atom is 0.410 e. The summed E-state index contributed by atoms with van der Waals surface area (Å²) < 4.78 is 5.09. The summed E-state index contributed by atoms with van der Waals surface area (Å²) in [5.74, 6) is -2.31. The number of carbonyl (C=O) groups is 5. The molecule has 5 rings (SSSR count). The maximum absolute atomic E-state index is 13.3. The second-order valence-corrected chi connectivity index (χ2v) is 13.6. The van der Waals surface area contributed by atoms with Crippen LogP contribution < -0.4 is 5.32 Å². The molecule has 3 atom stereocenters. The van der Waals surface area contributed by atoms with Crippen molar-refractivity contribution < 1.29 is 33.8 Å². The minimum absolute atomic E-state index is 0.0504. The van der Waals surface area contributed by atoms with Crippen molar-refractivity contribution in [3.63, 3.8) is 0 Å². The Morgan fingerprint density at radius 1 is 1.16 bits per heavy atom. The minimum Gasteiger partial charge on any atom is -0.477 e. The molecule has 2 N–H and O–H groups in total. The molecule has 4 aliphatic heterocycles. The zero-order valence-electron chi connectivity index (χ0n) is 23.1. The smallest absolute Gasteiger partial charge is 0.410 e. The molecule has 44 heavy (non-hydrogen) atoms. The van der Waals surface area contributed by atoms with Gasteiger partial charge in [-0.3, -0.25) is 19.3 Å². The van der Waals surface area contributed by atoms with Crippen LogP contribution in [0.15, 0.2) is 52.6 Å². The van der Waals surface area contributed by atoms with Gasteiger partial charge in [0.25, 0.3) is 5.91 Å². The van der Waals surface area contributed by atoms with E-state index in [4.69, 9.17) is 39.5 Å². The monoisotopic (exact) mass is 700 g/mol. The number of ether oxygens (including phenoxy) is 1. The van der Waals surface area contributed by atoms with Crippen LogP contribution >= 0.6 is 58.3 Å². The minimum atomic E-state index is -1.29. The number of fused-ring (bicyclic) bond motifs is 1. The van der Waals surface area contributed by atoms with Gasteiger partial charge >= 0.3 is 12.1 Å². The highest BCUT2D eigenvalue weighted by molar-refractivity contribution is 8.00. The summed E-state index contributed by atoms with van der Waals surface area (Å²) in [5.41, 5.74) is 0.603. The van der Waals surface area contributed by atoms with E-state index < -0.39 is 35.3 Å². The molecule has 0 saturated carbocycles. The van der Waals surface area contributed by atoms with Crippen LogP contribution in [-0.2, 0) is 23.9 Å². The maximum atomic E-state index is 13.3. The summed E-state index contributed by atoms with van der Waals surface area (Å²) in [6.45, 7) is 4.89. The topological polar surface area (TPSA) is 137 Å². The lowest BCUT2D eigenvalue weighted by molar-refractivity contribution is -0.150. The van der Waals surface area contributed by atoms with Crippen molar-refractivity contribution in [2.24, 2.45) is 0 Å². The van der Waals surface area contributed by atoms with Crippen molar-refractivity contribution in [2.45, 2.75) is 35.2 Å². The summed E-state index contributed by atoms with van der Waals surface area (Å²) in [6, 6.07) is 1.96. The molecule has 0 bridgehead atoms. The molecular weight excluding hydrogens is 675 g/mol. The summed E-state index contributed by atoms with van der Waals surface area (Å²) >= 11 is 20.6. The van der Waals surface area contributed by atoms with Crippen LogP contribution in [0, 0.1) is 0 Å². The fraction of sp³-hybridized carbons (Fsp3) is 0.393. The van der Waals surface area contributed by atoms with E-state index in [-0.39, 0.29) is 40.8 Å². The van der Waals surface area contributed by atoms with Gasteiger partial charge in [0, 0.05) is 35.9 Å². The number of aliphatic carboxylic acids is 1. The Morgan fingerprint density at radius 3 is 2.64 bits per heavy atom. The molecule has 4 heterocycles. The molecule has 0 aliphatic carbocycles. The lowest BCUT2D eigenvalue weighted by Gasteiger charge is -2.49. The quantitative estimate of drug-likeness (QED) is 0.129. The third-order valence-corrected chi connectivity index (χ3v) is 11.0. The normalized spacial score (nSPS) is 24.0. The second-order valence-electron chi connectivity index (χ2n) is 10.3. The zero-order valence-corrected chi connectivity index (χ0v) is 27.0. The number of thioether (sulfide) groups is 2. The molecule has 4 amide bonds. The highest BCUT2D eigenvalue weighted by Crippen LogP contribution is 2.42. The van der Waals surface area contributed by atoms with Gasteiger partial charge in [-0.15, -0.1) is 23.5 Å². The highest BCUT2D eigenvalue weighted by Gasteiger charge is 2.54. The van der Waals surface area contributed by atoms with Crippen LogP contribution in [0.2, 0.25) is 15.1 Å². The van der Waals surface area contributed by atoms with Crippen LogP contribution in [0.3, 0.4) is 0 Å². The predicted molar refractivity (Wildman–Crippen MR) is 168 cm³/mol. The molecule has 1 aromatic carbocycles. The van der Waals surface area contributed by atoms with E-state index in [0.29, 0.717) is 58.6 Å². The van der Waals surface area contributed by atoms with E-state index in [1.807, 2.05) is 0 Å². The number of allylic oxidation sites excluding steroid dienone is 1. The van der Waals surface area contributed by atoms with E-state index in [1.165, 1.54) is 23.9 Å². The van der Waals surface area contributed by atoms with Crippen molar-refractivity contribution in [3.05, 3.63) is 62.8 Å². The SMILES string of the molecule is C=CCOC(=O)N1CCC(N2CCC(=CC3=C(C(=O)O)N4C(=O)C(NC(=O)CSc5cc(Cl)c(Cl)cc5Cl)C4SC3)C2=O)C1. The number of carboxylic acid groups (broad SMARTS) is 1. The molecule has 1 aromatic rings. The molecule has 0 aromatic heterocycles. The standard InChI is InChI=1S/C28H27Cl3N4O7S2/c1-2-7-42-28(41)33-5-4-16(11-33)34-6-3-14(24(34)37)8-15-12-44-26-22(25(38)35(26)23(15)27(39)40)32-21(36)13-43-20-10-18(30)17(29)9-19(20)31/h2,8-10,16,22,26H,1,3-7,11-13H2,(H,32,36)(H,39,40). The summed E-state index contributed by atoms with van der Waals surface area (Å²) in [6.07, 6.45) is 3.62. The van der Waals surface area contributed by atoms with Gasteiger partial charge in [0.05, 0.1) is 26.9 Å². The van der Waals surface area contributed by atoms with Crippen molar-refractivity contribution in [1.29, 1.82) is 0 Å². The number of hydrogen-bond acceptors (Lipinski definition) is 8. The van der Waals surface area contributed by atoms with E-state index >= 15 is 0 Å². The fourth-order valence-electron chi connectivity index (χ4n) is 5.44. The number of nitrogens with one attached hydrogen (secondary N) is 1. The van der Waals surface area contributed by atoms with Crippen LogP contribution in [0.5, 0.6) is 0 Å². The average molecular weight is 702 g/mol. The number of carbonyl (C=O) groups excluding carboxylic acids is 4.